The first-order chi connectivity index (χ1) is 14.8. The van der Waals surface area contributed by atoms with Crippen molar-refractivity contribution in [2.75, 3.05) is 4.90 Å². The number of hydrogen-bond acceptors (Lipinski definition) is 2. The van der Waals surface area contributed by atoms with Gasteiger partial charge in [-0.3, -0.25) is 9.69 Å². The molecule has 1 saturated heterocycles. The van der Waals surface area contributed by atoms with Crippen LogP contribution in [0.2, 0.25) is 5.02 Å². The summed E-state index contributed by atoms with van der Waals surface area (Å²) in [6, 6.07) is 19.3. The fraction of sp³-hybridized carbons (Fsp3) is 0.120. The lowest BCUT2D eigenvalue weighted by molar-refractivity contribution is -0.114. The minimum atomic E-state index is -0.331. The second-order valence-corrected chi connectivity index (χ2v) is 8.29. The van der Waals surface area contributed by atoms with Crippen molar-refractivity contribution in [3.63, 3.8) is 0 Å². The van der Waals surface area contributed by atoms with Crippen molar-refractivity contribution < 1.29 is 9.18 Å². The Labute approximate surface area is 191 Å². The summed E-state index contributed by atoms with van der Waals surface area (Å²) in [5.41, 5.74) is 5.00. The lowest BCUT2D eigenvalue weighted by atomic mass is 10.1. The zero-order chi connectivity index (χ0) is 22.1. The van der Waals surface area contributed by atoms with E-state index in [1.54, 1.807) is 34.1 Å². The number of aryl methyl sites for hydroxylation is 2. The van der Waals surface area contributed by atoms with E-state index in [-0.39, 0.29) is 11.7 Å². The Morgan fingerprint density at radius 3 is 2.42 bits per heavy atom. The van der Waals surface area contributed by atoms with Crippen LogP contribution in [-0.2, 0) is 11.3 Å². The van der Waals surface area contributed by atoms with E-state index in [9.17, 15) is 9.18 Å². The van der Waals surface area contributed by atoms with E-state index < -0.39 is 0 Å². The molecule has 156 valence electrons. The molecule has 0 saturated carbocycles. The lowest BCUT2D eigenvalue weighted by Crippen LogP contribution is -2.32. The van der Waals surface area contributed by atoms with Gasteiger partial charge in [0.15, 0.2) is 5.11 Å². The molecular weight excluding hydrogens is 431 g/mol. The van der Waals surface area contributed by atoms with E-state index in [0.717, 1.165) is 22.4 Å². The number of hydrogen-bond donors (Lipinski definition) is 0. The van der Waals surface area contributed by atoms with Gasteiger partial charge in [-0.15, -0.1) is 0 Å². The van der Waals surface area contributed by atoms with Crippen LogP contribution in [0.15, 0.2) is 72.4 Å². The molecular formula is C25H20ClFN2OS. The molecule has 0 aromatic heterocycles. The van der Waals surface area contributed by atoms with Crippen LogP contribution in [0.25, 0.3) is 6.08 Å². The number of amides is 1. The highest BCUT2D eigenvalue weighted by atomic mass is 35.5. The predicted molar refractivity (Wildman–Crippen MR) is 127 cm³/mol. The third kappa shape index (κ3) is 4.38. The quantitative estimate of drug-likeness (QED) is 0.345. The maximum Gasteiger partial charge on any atom is 0.281 e. The van der Waals surface area contributed by atoms with Crippen LogP contribution < -0.4 is 4.90 Å². The molecule has 0 atom stereocenters. The highest BCUT2D eigenvalue weighted by molar-refractivity contribution is 7.80. The molecule has 3 aromatic carbocycles. The van der Waals surface area contributed by atoms with Gasteiger partial charge >= 0.3 is 0 Å². The molecule has 6 heteroatoms. The van der Waals surface area contributed by atoms with Gasteiger partial charge in [0.25, 0.3) is 5.91 Å². The van der Waals surface area contributed by atoms with Gasteiger partial charge in [-0.25, -0.2) is 4.39 Å². The standard InChI is InChI=1S/C25H20ClFN2OS/c1-16-6-11-22(12-17(16)2)29-24(30)23(14-18-7-9-21(27)10-8-18)28(25(29)31)15-19-4-3-5-20(26)13-19/h3-14H,15H2,1-2H3/b23-14-. The molecule has 0 spiro atoms. The van der Waals surface area contributed by atoms with Crippen LogP contribution in [0.4, 0.5) is 10.1 Å². The SMILES string of the molecule is Cc1ccc(N2C(=O)/C(=C/c3ccc(F)cc3)N(Cc3cccc(Cl)c3)C2=S)cc1C. The molecule has 0 radical (unpaired) electrons. The maximum atomic E-state index is 13.5. The van der Waals surface area contributed by atoms with Gasteiger partial charge in [0.2, 0.25) is 0 Å². The third-order valence-corrected chi connectivity index (χ3v) is 5.93. The Kier molecular flexibility index (Phi) is 5.90. The molecule has 4 rings (SSSR count). The van der Waals surface area contributed by atoms with Crippen molar-refractivity contribution in [3.8, 4) is 0 Å². The summed E-state index contributed by atoms with van der Waals surface area (Å²) in [5.74, 6) is -0.553. The normalized spacial score (nSPS) is 15.3. The first-order valence-electron chi connectivity index (χ1n) is 9.78. The maximum absolute atomic E-state index is 13.5. The van der Waals surface area contributed by atoms with Crippen molar-refractivity contribution >= 4 is 46.6 Å². The summed E-state index contributed by atoms with van der Waals surface area (Å²) in [7, 11) is 0. The molecule has 1 amide bonds. The highest BCUT2D eigenvalue weighted by Gasteiger charge is 2.39. The van der Waals surface area contributed by atoms with Crippen LogP contribution in [0.1, 0.15) is 22.3 Å². The van der Waals surface area contributed by atoms with Crippen molar-refractivity contribution in [2.45, 2.75) is 20.4 Å². The minimum Gasteiger partial charge on any atom is -0.309 e. The Morgan fingerprint density at radius 1 is 1.00 bits per heavy atom. The number of thiocarbonyl (C=S) groups is 1. The second-order valence-electron chi connectivity index (χ2n) is 7.49. The minimum absolute atomic E-state index is 0.223. The molecule has 0 N–H and O–H groups in total. The first-order valence-corrected chi connectivity index (χ1v) is 10.6. The van der Waals surface area contributed by atoms with Crippen molar-refractivity contribution in [3.05, 3.63) is 106 Å². The van der Waals surface area contributed by atoms with Gasteiger partial charge in [-0.05, 0) is 90.8 Å². The number of rotatable bonds is 4. The van der Waals surface area contributed by atoms with Gasteiger partial charge in [-0.1, -0.05) is 41.9 Å². The second kappa shape index (κ2) is 8.61. The summed E-state index contributed by atoms with van der Waals surface area (Å²) in [6.45, 7) is 4.41. The van der Waals surface area contributed by atoms with Crippen molar-refractivity contribution in [1.82, 2.24) is 4.90 Å². The van der Waals surface area contributed by atoms with Gasteiger partial charge in [-0.2, -0.15) is 0 Å². The van der Waals surface area contributed by atoms with E-state index in [4.69, 9.17) is 23.8 Å². The molecule has 0 aliphatic carbocycles. The summed E-state index contributed by atoms with van der Waals surface area (Å²) in [4.78, 5) is 16.8. The zero-order valence-corrected chi connectivity index (χ0v) is 18.7. The number of carbonyl (C=O) groups excluding carboxylic acids is 1. The Morgan fingerprint density at radius 2 is 1.74 bits per heavy atom. The monoisotopic (exact) mass is 450 g/mol. The van der Waals surface area contributed by atoms with Gasteiger partial charge in [0, 0.05) is 5.02 Å². The highest BCUT2D eigenvalue weighted by Crippen LogP contribution is 2.32. The fourth-order valence-corrected chi connectivity index (χ4v) is 4.02. The lowest BCUT2D eigenvalue weighted by Gasteiger charge is -2.21. The number of benzene rings is 3. The topological polar surface area (TPSA) is 23.6 Å². The van der Waals surface area contributed by atoms with Crippen molar-refractivity contribution in [2.24, 2.45) is 0 Å². The fourth-order valence-electron chi connectivity index (χ4n) is 3.46. The Bertz CT molecular complexity index is 1210. The zero-order valence-electron chi connectivity index (χ0n) is 17.1. The van der Waals surface area contributed by atoms with Crippen LogP contribution in [0.5, 0.6) is 0 Å². The molecule has 3 aromatic rings. The molecule has 1 fully saturated rings. The van der Waals surface area contributed by atoms with E-state index in [0.29, 0.717) is 27.9 Å². The molecule has 0 bridgehead atoms. The van der Waals surface area contributed by atoms with Crippen LogP contribution in [-0.4, -0.2) is 15.9 Å². The van der Waals surface area contributed by atoms with Gasteiger partial charge in [0.1, 0.15) is 11.5 Å². The first kappa shape index (κ1) is 21.2. The summed E-state index contributed by atoms with van der Waals surface area (Å²) in [6.07, 6.45) is 1.74. The average Bonchev–Trinajstić information content (AvgIpc) is 2.96. The number of halogens is 2. The molecule has 0 unspecified atom stereocenters. The van der Waals surface area contributed by atoms with E-state index in [1.807, 2.05) is 50.2 Å². The van der Waals surface area contributed by atoms with Crippen LogP contribution in [0, 0.1) is 19.7 Å². The predicted octanol–water partition coefficient (Wildman–Crippen LogP) is 6.27. The summed E-state index contributed by atoms with van der Waals surface area (Å²) >= 11 is 11.9. The van der Waals surface area contributed by atoms with Gasteiger partial charge in [0.05, 0.1) is 12.2 Å². The molecule has 3 nitrogen and oxygen atoms in total. The van der Waals surface area contributed by atoms with E-state index in [2.05, 4.69) is 0 Å². The number of carbonyl (C=O) groups is 1. The summed E-state index contributed by atoms with van der Waals surface area (Å²) < 4.78 is 13.4. The van der Waals surface area contributed by atoms with Crippen LogP contribution in [0.3, 0.4) is 0 Å². The average molecular weight is 451 g/mol. The summed E-state index contributed by atoms with van der Waals surface area (Å²) in [5, 5.41) is 1.01. The third-order valence-electron chi connectivity index (χ3n) is 5.29. The Balaban J connectivity index is 1.78. The van der Waals surface area contributed by atoms with E-state index in [1.165, 1.54) is 12.1 Å². The molecule has 1 aliphatic rings. The molecule has 31 heavy (non-hydrogen) atoms. The largest absolute Gasteiger partial charge is 0.309 e. The van der Waals surface area contributed by atoms with E-state index >= 15 is 0 Å². The van der Waals surface area contributed by atoms with Crippen molar-refractivity contribution in [1.29, 1.82) is 0 Å². The number of nitrogens with zero attached hydrogens (tertiary/aromatic N) is 2. The Hall–Kier alpha value is -3.02. The van der Waals surface area contributed by atoms with Gasteiger partial charge < -0.3 is 4.90 Å². The molecule has 1 heterocycles. The number of anilines is 1. The van der Waals surface area contributed by atoms with Crippen LogP contribution >= 0.6 is 23.8 Å². The smallest absolute Gasteiger partial charge is 0.281 e. The molecule has 1 aliphatic heterocycles.